The first-order chi connectivity index (χ1) is 12.5. The zero-order valence-electron chi connectivity index (χ0n) is 13.8. The molecule has 3 amide bonds. The molecular weight excluding hydrogens is 339 g/mol. The number of halogens is 1. The number of hydrogen-bond acceptors (Lipinski definition) is 4. The number of urea groups is 1. The summed E-state index contributed by atoms with van der Waals surface area (Å²) in [5, 5.41) is 6.98. The standard InChI is InChI=1S/C18H15FN4O3/c1-18(15-6-3-9-26-15)16(24)22(17(25)20-18)11-13-7-8-23(21-13)14-5-2-4-12(19)10-14/h2-10H,11H2,1H3,(H,20,25)/t18-/m0/s1. The van der Waals surface area contributed by atoms with Crippen LogP contribution in [-0.4, -0.2) is 26.6 Å². The molecule has 0 bridgehead atoms. The van der Waals surface area contributed by atoms with Crippen LogP contribution in [0.15, 0.2) is 59.3 Å². The van der Waals surface area contributed by atoms with E-state index in [-0.39, 0.29) is 12.4 Å². The fourth-order valence-corrected chi connectivity index (χ4v) is 2.94. The molecule has 26 heavy (non-hydrogen) atoms. The smallest absolute Gasteiger partial charge is 0.325 e. The number of nitrogens with one attached hydrogen (secondary N) is 1. The van der Waals surface area contributed by atoms with Crippen LogP contribution in [0.3, 0.4) is 0 Å². The van der Waals surface area contributed by atoms with Crippen molar-refractivity contribution in [3.8, 4) is 5.69 Å². The van der Waals surface area contributed by atoms with Crippen LogP contribution in [0.1, 0.15) is 18.4 Å². The van der Waals surface area contributed by atoms with E-state index in [4.69, 9.17) is 4.42 Å². The lowest BCUT2D eigenvalue weighted by molar-refractivity contribution is -0.132. The van der Waals surface area contributed by atoms with Crippen molar-refractivity contribution < 1.29 is 18.4 Å². The van der Waals surface area contributed by atoms with Crippen LogP contribution in [0.4, 0.5) is 9.18 Å². The topological polar surface area (TPSA) is 80.4 Å². The van der Waals surface area contributed by atoms with Crippen molar-refractivity contribution >= 4 is 11.9 Å². The van der Waals surface area contributed by atoms with Gasteiger partial charge in [-0.25, -0.2) is 13.9 Å². The molecule has 7 nitrogen and oxygen atoms in total. The zero-order chi connectivity index (χ0) is 18.3. The normalized spacial score (nSPS) is 19.8. The number of rotatable bonds is 4. The lowest BCUT2D eigenvalue weighted by Gasteiger charge is -2.18. The first kappa shape index (κ1) is 16.1. The highest BCUT2D eigenvalue weighted by Crippen LogP contribution is 2.29. The minimum absolute atomic E-state index is 0.00325. The first-order valence-electron chi connectivity index (χ1n) is 7.96. The van der Waals surface area contributed by atoms with E-state index < -0.39 is 17.5 Å². The van der Waals surface area contributed by atoms with Crippen LogP contribution in [0.25, 0.3) is 5.69 Å². The van der Waals surface area contributed by atoms with Gasteiger partial charge >= 0.3 is 6.03 Å². The van der Waals surface area contributed by atoms with E-state index >= 15 is 0 Å². The summed E-state index contributed by atoms with van der Waals surface area (Å²) < 4.78 is 20.1. The Kier molecular flexibility index (Phi) is 3.61. The van der Waals surface area contributed by atoms with Gasteiger partial charge in [-0.2, -0.15) is 5.10 Å². The molecule has 0 saturated carbocycles. The third-order valence-electron chi connectivity index (χ3n) is 4.33. The number of carbonyl (C=O) groups excluding carboxylic acids is 2. The summed E-state index contributed by atoms with van der Waals surface area (Å²) in [6.07, 6.45) is 3.09. The lowest BCUT2D eigenvalue weighted by atomic mass is 9.99. The number of nitrogens with zero attached hydrogens (tertiary/aromatic N) is 3. The quantitative estimate of drug-likeness (QED) is 0.730. The maximum Gasteiger partial charge on any atom is 0.325 e. The molecule has 1 aromatic carbocycles. The molecule has 1 fully saturated rings. The van der Waals surface area contributed by atoms with Crippen molar-refractivity contribution in [2.75, 3.05) is 0 Å². The Hall–Kier alpha value is -3.42. The van der Waals surface area contributed by atoms with E-state index in [1.807, 2.05) is 0 Å². The molecule has 1 aliphatic heterocycles. The zero-order valence-corrected chi connectivity index (χ0v) is 13.8. The number of hydrogen-bond donors (Lipinski definition) is 1. The third kappa shape index (κ3) is 2.55. The minimum atomic E-state index is -1.24. The van der Waals surface area contributed by atoms with E-state index in [1.54, 1.807) is 43.5 Å². The van der Waals surface area contributed by atoms with E-state index in [0.717, 1.165) is 4.90 Å². The van der Waals surface area contributed by atoms with E-state index in [2.05, 4.69) is 10.4 Å². The molecule has 3 aromatic rings. The summed E-state index contributed by atoms with van der Waals surface area (Å²) in [6, 6.07) is 10.4. The van der Waals surface area contributed by atoms with Gasteiger partial charge in [0.2, 0.25) is 0 Å². The second kappa shape index (κ2) is 5.83. The van der Waals surface area contributed by atoms with E-state index in [1.165, 1.54) is 23.1 Å². The second-order valence-corrected chi connectivity index (χ2v) is 6.16. The van der Waals surface area contributed by atoms with Crippen LogP contribution in [0.2, 0.25) is 0 Å². The second-order valence-electron chi connectivity index (χ2n) is 6.16. The van der Waals surface area contributed by atoms with Gasteiger partial charge in [-0.05, 0) is 43.3 Å². The minimum Gasteiger partial charge on any atom is -0.466 e. The molecule has 1 aliphatic rings. The van der Waals surface area contributed by atoms with Crippen LogP contribution in [0.5, 0.6) is 0 Å². The molecular formula is C18H15FN4O3. The van der Waals surface area contributed by atoms with E-state index in [9.17, 15) is 14.0 Å². The predicted octanol–water partition coefficient (Wildman–Crippen LogP) is 2.57. The highest BCUT2D eigenvalue weighted by Gasteiger charge is 2.51. The Morgan fingerprint density at radius 3 is 2.81 bits per heavy atom. The Morgan fingerprint density at radius 2 is 2.08 bits per heavy atom. The number of furan rings is 1. The molecule has 4 rings (SSSR count). The molecule has 0 unspecified atom stereocenters. The Balaban J connectivity index is 1.56. The van der Waals surface area contributed by atoms with Crippen molar-refractivity contribution in [1.82, 2.24) is 20.0 Å². The predicted molar refractivity (Wildman–Crippen MR) is 88.7 cm³/mol. The van der Waals surface area contributed by atoms with E-state index in [0.29, 0.717) is 17.1 Å². The highest BCUT2D eigenvalue weighted by atomic mass is 19.1. The van der Waals surface area contributed by atoms with Crippen molar-refractivity contribution in [2.24, 2.45) is 0 Å². The molecule has 132 valence electrons. The van der Waals surface area contributed by atoms with Gasteiger partial charge in [0.15, 0.2) is 5.54 Å². The van der Waals surface area contributed by atoms with Gasteiger partial charge in [0, 0.05) is 6.20 Å². The van der Waals surface area contributed by atoms with Gasteiger partial charge < -0.3 is 9.73 Å². The molecule has 2 aromatic heterocycles. The molecule has 0 aliphatic carbocycles. The van der Waals surface area contributed by atoms with Crippen molar-refractivity contribution in [3.63, 3.8) is 0 Å². The van der Waals surface area contributed by atoms with Crippen LogP contribution in [-0.2, 0) is 16.9 Å². The Bertz CT molecular complexity index is 982. The monoisotopic (exact) mass is 354 g/mol. The SMILES string of the molecule is C[C@@]1(c2ccco2)NC(=O)N(Cc2ccn(-c3cccc(F)c3)n2)C1=O. The third-order valence-corrected chi connectivity index (χ3v) is 4.33. The average Bonchev–Trinajstić information content (AvgIpc) is 3.34. The number of imide groups is 1. The Morgan fingerprint density at radius 1 is 1.23 bits per heavy atom. The maximum absolute atomic E-state index is 13.4. The summed E-state index contributed by atoms with van der Waals surface area (Å²) in [5.74, 6) is -0.427. The fourth-order valence-electron chi connectivity index (χ4n) is 2.94. The van der Waals surface area contributed by atoms with Gasteiger partial charge in [0.25, 0.3) is 5.91 Å². The largest absolute Gasteiger partial charge is 0.466 e. The lowest BCUT2D eigenvalue weighted by Crippen LogP contribution is -2.40. The van der Waals surface area contributed by atoms with Crippen LogP contribution < -0.4 is 5.32 Å². The number of benzene rings is 1. The molecule has 3 heterocycles. The number of carbonyl (C=O) groups is 2. The van der Waals surface area contributed by atoms with Crippen molar-refractivity contribution in [2.45, 2.75) is 19.0 Å². The number of amides is 3. The van der Waals surface area contributed by atoms with Crippen LogP contribution >= 0.6 is 0 Å². The van der Waals surface area contributed by atoms with Gasteiger partial charge in [0.05, 0.1) is 24.2 Å². The molecule has 1 atom stereocenters. The average molecular weight is 354 g/mol. The molecule has 1 saturated heterocycles. The van der Waals surface area contributed by atoms with Crippen molar-refractivity contribution in [3.05, 3.63) is 72.2 Å². The van der Waals surface area contributed by atoms with Crippen LogP contribution in [0, 0.1) is 5.82 Å². The summed E-state index contributed by atoms with van der Waals surface area (Å²) in [7, 11) is 0. The Labute approximate surface area is 148 Å². The summed E-state index contributed by atoms with van der Waals surface area (Å²) >= 11 is 0. The molecule has 8 heteroatoms. The number of aromatic nitrogens is 2. The van der Waals surface area contributed by atoms with Crippen molar-refractivity contribution in [1.29, 1.82) is 0 Å². The summed E-state index contributed by atoms with van der Waals surface area (Å²) in [6.45, 7) is 1.60. The molecule has 0 radical (unpaired) electrons. The van der Waals surface area contributed by atoms with Gasteiger partial charge in [0.1, 0.15) is 11.6 Å². The van der Waals surface area contributed by atoms with Gasteiger partial charge in [-0.3, -0.25) is 9.69 Å². The summed E-state index contributed by atoms with van der Waals surface area (Å²) in [5.41, 5.74) is -0.193. The van der Waals surface area contributed by atoms with Gasteiger partial charge in [-0.1, -0.05) is 6.07 Å². The maximum atomic E-state index is 13.4. The molecule has 1 N–H and O–H groups in total. The molecule has 0 spiro atoms. The first-order valence-corrected chi connectivity index (χ1v) is 7.96. The van der Waals surface area contributed by atoms with Gasteiger partial charge in [-0.15, -0.1) is 0 Å². The fraction of sp³-hybridized carbons (Fsp3) is 0.167. The summed E-state index contributed by atoms with van der Waals surface area (Å²) in [4.78, 5) is 26.1. The highest BCUT2D eigenvalue weighted by molar-refractivity contribution is 6.06.